The van der Waals surface area contributed by atoms with Crippen molar-refractivity contribution in [3.05, 3.63) is 84.7 Å². The van der Waals surface area contributed by atoms with Gasteiger partial charge in [0.05, 0.1) is 11.4 Å². The predicted molar refractivity (Wildman–Crippen MR) is 127 cm³/mol. The second-order valence-corrected chi connectivity index (χ2v) is 9.21. The molecule has 1 aliphatic heterocycles. The quantitative estimate of drug-likeness (QED) is 0.377. The Bertz CT molecular complexity index is 1240. The van der Waals surface area contributed by atoms with Gasteiger partial charge in [0.15, 0.2) is 11.0 Å². The van der Waals surface area contributed by atoms with Gasteiger partial charge in [-0.2, -0.15) is 0 Å². The summed E-state index contributed by atoms with van der Waals surface area (Å²) in [5.74, 6) is 1.46. The van der Waals surface area contributed by atoms with Crippen LogP contribution in [0, 0.1) is 5.82 Å². The summed E-state index contributed by atoms with van der Waals surface area (Å²) in [6.07, 6.45) is 0. The molecule has 0 fully saturated rings. The fourth-order valence-corrected chi connectivity index (χ4v) is 5.42. The van der Waals surface area contributed by atoms with Crippen LogP contribution in [0.4, 0.5) is 10.1 Å². The fraction of sp³-hybridized carbons (Fsp3) is 0.125. The molecule has 5 nitrogen and oxygen atoms in total. The number of fused-ring (bicyclic) bond motifs is 1. The van der Waals surface area contributed by atoms with E-state index in [9.17, 15) is 9.18 Å². The van der Waals surface area contributed by atoms with Crippen LogP contribution < -0.4 is 4.90 Å². The Morgan fingerprint density at radius 1 is 0.969 bits per heavy atom. The maximum absolute atomic E-state index is 13.5. The average molecular weight is 463 g/mol. The minimum atomic E-state index is -0.311. The van der Waals surface area contributed by atoms with E-state index in [0.29, 0.717) is 17.5 Å². The summed E-state index contributed by atoms with van der Waals surface area (Å²) in [6, 6.07) is 23.9. The van der Waals surface area contributed by atoms with Gasteiger partial charge in [0.25, 0.3) is 0 Å². The zero-order valence-corrected chi connectivity index (χ0v) is 18.7. The largest absolute Gasteiger partial charge is 0.310 e. The first kappa shape index (κ1) is 20.8. The summed E-state index contributed by atoms with van der Waals surface area (Å²) in [7, 11) is 0. The number of carbonyl (C=O) groups excluding carboxylic acids is 1. The number of rotatable bonds is 5. The summed E-state index contributed by atoms with van der Waals surface area (Å²) >= 11 is 3.10. The summed E-state index contributed by atoms with van der Waals surface area (Å²) in [5.41, 5.74) is 2.59. The van der Waals surface area contributed by atoms with Crippen LogP contribution in [0.1, 0.15) is 0 Å². The normalized spacial score (nSPS) is 13.1. The molecule has 3 aromatic carbocycles. The van der Waals surface area contributed by atoms with Crippen molar-refractivity contribution in [2.24, 2.45) is 0 Å². The number of amides is 1. The van der Waals surface area contributed by atoms with Crippen molar-refractivity contribution in [2.75, 3.05) is 23.0 Å². The van der Waals surface area contributed by atoms with E-state index in [1.165, 1.54) is 23.9 Å². The van der Waals surface area contributed by atoms with Crippen LogP contribution in [-0.2, 0) is 4.79 Å². The molecule has 0 unspecified atom stereocenters. The number of halogens is 1. The number of carbonyl (C=O) groups is 1. The zero-order chi connectivity index (χ0) is 21.9. The van der Waals surface area contributed by atoms with Crippen LogP contribution in [0.3, 0.4) is 0 Å². The molecule has 0 aliphatic carbocycles. The first-order valence-corrected chi connectivity index (χ1v) is 12.1. The van der Waals surface area contributed by atoms with Gasteiger partial charge in [0.2, 0.25) is 5.91 Å². The van der Waals surface area contributed by atoms with E-state index in [0.717, 1.165) is 27.6 Å². The highest BCUT2D eigenvalue weighted by Crippen LogP contribution is 2.35. The van der Waals surface area contributed by atoms with Crippen molar-refractivity contribution in [3.63, 3.8) is 0 Å². The molecule has 5 rings (SSSR count). The van der Waals surface area contributed by atoms with Crippen molar-refractivity contribution < 1.29 is 9.18 Å². The van der Waals surface area contributed by atoms with Crippen LogP contribution in [-0.4, -0.2) is 38.7 Å². The van der Waals surface area contributed by atoms with Crippen molar-refractivity contribution >= 4 is 35.1 Å². The molecule has 0 bridgehead atoms. The topological polar surface area (TPSA) is 51.0 Å². The lowest BCUT2D eigenvalue weighted by Gasteiger charge is -2.28. The third-order valence-corrected chi connectivity index (χ3v) is 7.06. The molecule has 160 valence electrons. The number of nitrogens with zero attached hydrogens (tertiary/aromatic N) is 4. The lowest BCUT2D eigenvalue weighted by atomic mass is 10.2. The molecule has 0 spiro atoms. The predicted octanol–water partition coefficient (Wildman–Crippen LogP) is 5.30. The zero-order valence-electron chi connectivity index (χ0n) is 17.0. The lowest BCUT2D eigenvalue weighted by Crippen LogP contribution is -2.36. The second kappa shape index (κ2) is 9.18. The van der Waals surface area contributed by atoms with Gasteiger partial charge < -0.3 is 4.90 Å². The maximum atomic E-state index is 13.5. The number of benzene rings is 3. The minimum Gasteiger partial charge on any atom is -0.310 e. The van der Waals surface area contributed by atoms with Crippen molar-refractivity contribution in [1.29, 1.82) is 0 Å². The Kier molecular flexibility index (Phi) is 5.96. The van der Waals surface area contributed by atoms with E-state index in [4.69, 9.17) is 0 Å². The van der Waals surface area contributed by atoms with Gasteiger partial charge >= 0.3 is 0 Å². The van der Waals surface area contributed by atoms with E-state index in [1.807, 2.05) is 64.1 Å². The molecular formula is C24H19FN4OS2. The maximum Gasteiger partial charge on any atom is 0.237 e. The van der Waals surface area contributed by atoms with E-state index in [2.05, 4.69) is 10.2 Å². The van der Waals surface area contributed by atoms with Gasteiger partial charge in [-0.3, -0.25) is 9.36 Å². The van der Waals surface area contributed by atoms with Gasteiger partial charge in [-0.25, -0.2) is 4.39 Å². The Balaban J connectivity index is 1.44. The molecule has 1 amide bonds. The molecule has 4 aromatic rings. The number of aromatic nitrogens is 3. The lowest BCUT2D eigenvalue weighted by molar-refractivity contribution is -0.116. The third kappa shape index (κ3) is 4.16. The monoisotopic (exact) mass is 462 g/mol. The molecule has 1 aliphatic rings. The van der Waals surface area contributed by atoms with Crippen LogP contribution in [0.15, 0.2) is 88.9 Å². The summed E-state index contributed by atoms with van der Waals surface area (Å²) < 4.78 is 15.4. The summed E-state index contributed by atoms with van der Waals surface area (Å²) in [5, 5.41) is 9.33. The minimum absolute atomic E-state index is 0.0256. The number of hydrogen-bond donors (Lipinski definition) is 0. The van der Waals surface area contributed by atoms with Crippen molar-refractivity contribution in [2.45, 2.75) is 10.1 Å². The standard InChI is InChI=1S/C24H19FN4OS2/c25-18-10-12-19(13-11-18)29-23(17-6-2-1-3-7-17)26-27-24(29)32-16-22(30)28-14-15-31-21-9-5-4-8-20(21)28/h1-13H,14-16H2. The van der Waals surface area contributed by atoms with Gasteiger partial charge in [-0.05, 0) is 36.4 Å². The molecule has 0 radical (unpaired) electrons. The first-order chi connectivity index (χ1) is 15.7. The Morgan fingerprint density at radius 2 is 1.72 bits per heavy atom. The van der Waals surface area contributed by atoms with Crippen molar-refractivity contribution in [3.8, 4) is 17.1 Å². The molecule has 0 N–H and O–H groups in total. The van der Waals surface area contributed by atoms with Crippen LogP contribution in [0.25, 0.3) is 17.1 Å². The Labute approximate surface area is 193 Å². The number of hydrogen-bond acceptors (Lipinski definition) is 5. The molecule has 0 saturated heterocycles. The smallest absolute Gasteiger partial charge is 0.237 e. The molecule has 0 saturated carbocycles. The van der Waals surface area contributed by atoms with E-state index in [-0.39, 0.29) is 17.5 Å². The highest BCUT2D eigenvalue weighted by molar-refractivity contribution is 8.00. The van der Waals surface area contributed by atoms with Gasteiger partial charge in [-0.15, -0.1) is 22.0 Å². The van der Waals surface area contributed by atoms with Gasteiger partial charge in [0, 0.05) is 28.4 Å². The van der Waals surface area contributed by atoms with Crippen LogP contribution in [0.5, 0.6) is 0 Å². The van der Waals surface area contributed by atoms with E-state index in [1.54, 1.807) is 23.9 Å². The molecule has 8 heteroatoms. The number of thioether (sulfide) groups is 2. The van der Waals surface area contributed by atoms with Crippen molar-refractivity contribution in [1.82, 2.24) is 14.8 Å². The number of para-hydroxylation sites is 1. The Morgan fingerprint density at radius 3 is 2.53 bits per heavy atom. The average Bonchev–Trinajstić information content (AvgIpc) is 3.27. The summed E-state index contributed by atoms with van der Waals surface area (Å²) in [6.45, 7) is 0.682. The first-order valence-electron chi connectivity index (χ1n) is 10.1. The molecular weight excluding hydrogens is 443 g/mol. The molecule has 32 heavy (non-hydrogen) atoms. The third-order valence-electron chi connectivity index (χ3n) is 5.10. The van der Waals surface area contributed by atoms with Crippen LogP contribution >= 0.6 is 23.5 Å². The van der Waals surface area contributed by atoms with E-state index >= 15 is 0 Å². The molecule has 2 heterocycles. The molecule has 1 aromatic heterocycles. The van der Waals surface area contributed by atoms with Gasteiger partial charge in [-0.1, -0.05) is 54.2 Å². The van der Waals surface area contributed by atoms with Gasteiger partial charge in [0.1, 0.15) is 5.82 Å². The molecule has 0 atom stereocenters. The fourth-order valence-electron chi connectivity index (χ4n) is 3.59. The SMILES string of the molecule is O=C(CSc1nnc(-c2ccccc2)n1-c1ccc(F)cc1)N1CCSc2ccccc21. The number of anilines is 1. The van der Waals surface area contributed by atoms with E-state index < -0.39 is 0 Å². The summed E-state index contributed by atoms with van der Waals surface area (Å²) in [4.78, 5) is 16.1. The Hall–Kier alpha value is -3.10. The highest BCUT2D eigenvalue weighted by atomic mass is 32.2. The second-order valence-electron chi connectivity index (χ2n) is 7.13. The highest BCUT2D eigenvalue weighted by Gasteiger charge is 2.24. The van der Waals surface area contributed by atoms with Crippen LogP contribution in [0.2, 0.25) is 0 Å².